The number of hydrogen-bond donors (Lipinski definition) is 0. The van der Waals surface area contributed by atoms with Crippen LogP contribution in [0.5, 0.6) is 11.5 Å². The van der Waals surface area contributed by atoms with Crippen LogP contribution in [0.3, 0.4) is 0 Å². The summed E-state index contributed by atoms with van der Waals surface area (Å²) >= 11 is 23.9. The topological polar surface area (TPSA) is 9.23 Å². The number of rotatable bonds is 3. The molecule has 0 fully saturated rings. The molecule has 94 valence electrons. The SMILES string of the molecule is ClCc1cccc(Cl)c1Oc1cccc(Cl)c1Cl. The van der Waals surface area contributed by atoms with Crippen LogP contribution in [0, 0.1) is 0 Å². The molecule has 2 aromatic carbocycles. The molecule has 0 atom stereocenters. The van der Waals surface area contributed by atoms with Crippen molar-refractivity contribution >= 4 is 46.4 Å². The van der Waals surface area contributed by atoms with E-state index < -0.39 is 0 Å². The lowest BCUT2D eigenvalue weighted by atomic mass is 10.2. The number of benzene rings is 2. The predicted octanol–water partition coefficient (Wildman–Crippen LogP) is 6.18. The Labute approximate surface area is 125 Å². The summed E-state index contributed by atoms with van der Waals surface area (Å²) in [6.07, 6.45) is 0. The van der Waals surface area contributed by atoms with Crippen LogP contribution in [-0.2, 0) is 5.88 Å². The van der Waals surface area contributed by atoms with Crippen molar-refractivity contribution in [2.45, 2.75) is 5.88 Å². The molecule has 0 bridgehead atoms. The maximum Gasteiger partial charge on any atom is 0.150 e. The van der Waals surface area contributed by atoms with Gasteiger partial charge in [0.15, 0.2) is 0 Å². The Morgan fingerprint density at radius 2 is 1.56 bits per heavy atom. The number of hydrogen-bond acceptors (Lipinski definition) is 1. The predicted molar refractivity (Wildman–Crippen MR) is 77.5 cm³/mol. The van der Waals surface area contributed by atoms with Crippen LogP contribution < -0.4 is 4.74 Å². The second-order valence-corrected chi connectivity index (χ2v) is 4.98. The van der Waals surface area contributed by atoms with Crippen LogP contribution in [0.1, 0.15) is 5.56 Å². The highest BCUT2D eigenvalue weighted by atomic mass is 35.5. The van der Waals surface area contributed by atoms with E-state index in [2.05, 4.69) is 0 Å². The fraction of sp³-hybridized carbons (Fsp3) is 0.0769. The van der Waals surface area contributed by atoms with Crippen LogP contribution in [0.15, 0.2) is 36.4 Å². The zero-order chi connectivity index (χ0) is 13.1. The van der Waals surface area contributed by atoms with Crippen molar-refractivity contribution in [3.8, 4) is 11.5 Å². The largest absolute Gasteiger partial charge is 0.454 e. The lowest BCUT2D eigenvalue weighted by molar-refractivity contribution is 0.479. The van der Waals surface area contributed by atoms with Crippen molar-refractivity contribution in [1.82, 2.24) is 0 Å². The van der Waals surface area contributed by atoms with Gasteiger partial charge in [0, 0.05) is 5.56 Å². The summed E-state index contributed by atoms with van der Waals surface area (Å²) in [5, 5.41) is 1.25. The van der Waals surface area contributed by atoms with E-state index in [9.17, 15) is 0 Å². The first-order valence-corrected chi connectivity index (χ1v) is 6.75. The van der Waals surface area contributed by atoms with Crippen LogP contribution in [-0.4, -0.2) is 0 Å². The van der Waals surface area contributed by atoms with E-state index in [0.29, 0.717) is 32.4 Å². The van der Waals surface area contributed by atoms with E-state index in [4.69, 9.17) is 51.1 Å². The van der Waals surface area contributed by atoms with E-state index in [1.807, 2.05) is 12.1 Å². The molecule has 0 aromatic heterocycles. The third-order valence-electron chi connectivity index (χ3n) is 2.32. The van der Waals surface area contributed by atoms with Gasteiger partial charge in [0.05, 0.1) is 15.9 Å². The second-order valence-electron chi connectivity index (χ2n) is 3.52. The zero-order valence-electron chi connectivity index (χ0n) is 9.09. The van der Waals surface area contributed by atoms with Crippen molar-refractivity contribution in [3.05, 3.63) is 57.0 Å². The standard InChI is InChI=1S/C13H8Cl4O/c14-7-8-3-1-5-10(16)13(8)18-11-6-2-4-9(15)12(11)17/h1-6H,7H2. The van der Waals surface area contributed by atoms with Gasteiger partial charge in [-0.2, -0.15) is 0 Å². The Bertz CT molecular complexity index is 569. The van der Waals surface area contributed by atoms with E-state index in [-0.39, 0.29) is 0 Å². The van der Waals surface area contributed by atoms with E-state index in [1.165, 1.54) is 0 Å². The first-order chi connectivity index (χ1) is 8.63. The molecule has 0 spiro atoms. The highest BCUT2D eigenvalue weighted by molar-refractivity contribution is 6.43. The number of halogens is 4. The first-order valence-electron chi connectivity index (χ1n) is 5.08. The summed E-state index contributed by atoms with van der Waals surface area (Å²) in [6.45, 7) is 0. The molecule has 0 N–H and O–H groups in total. The molecule has 0 radical (unpaired) electrons. The Hall–Kier alpha value is -0.600. The van der Waals surface area contributed by atoms with Crippen molar-refractivity contribution in [1.29, 1.82) is 0 Å². The van der Waals surface area contributed by atoms with Gasteiger partial charge in [0.1, 0.15) is 16.5 Å². The molecule has 0 saturated carbocycles. The summed E-state index contributed by atoms with van der Waals surface area (Å²) < 4.78 is 5.71. The quantitative estimate of drug-likeness (QED) is 0.613. The third-order valence-corrected chi connectivity index (χ3v) is 3.71. The Balaban J connectivity index is 2.43. The van der Waals surface area contributed by atoms with Gasteiger partial charge in [-0.3, -0.25) is 0 Å². The van der Waals surface area contributed by atoms with Gasteiger partial charge in [-0.1, -0.05) is 53.0 Å². The van der Waals surface area contributed by atoms with Crippen LogP contribution in [0.2, 0.25) is 15.1 Å². The number of para-hydroxylation sites is 1. The van der Waals surface area contributed by atoms with Gasteiger partial charge >= 0.3 is 0 Å². The fourth-order valence-corrected chi connectivity index (χ4v) is 2.22. The smallest absolute Gasteiger partial charge is 0.150 e. The van der Waals surface area contributed by atoms with E-state index >= 15 is 0 Å². The molecule has 2 rings (SSSR count). The van der Waals surface area contributed by atoms with Crippen LogP contribution in [0.25, 0.3) is 0 Å². The van der Waals surface area contributed by atoms with E-state index in [0.717, 1.165) is 5.56 Å². The van der Waals surface area contributed by atoms with Crippen molar-refractivity contribution in [2.24, 2.45) is 0 Å². The van der Waals surface area contributed by atoms with Crippen molar-refractivity contribution < 1.29 is 4.74 Å². The zero-order valence-corrected chi connectivity index (χ0v) is 12.1. The lowest BCUT2D eigenvalue weighted by Gasteiger charge is -2.12. The van der Waals surface area contributed by atoms with Crippen molar-refractivity contribution in [2.75, 3.05) is 0 Å². The molecule has 0 saturated heterocycles. The minimum Gasteiger partial charge on any atom is -0.454 e. The fourth-order valence-electron chi connectivity index (χ4n) is 1.45. The molecule has 0 unspecified atom stereocenters. The normalized spacial score (nSPS) is 10.4. The maximum atomic E-state index is 6.09. The van der Waals surface area contributed by atoms with Gasteiger partial charge in [-0.25, -0.2) is 0 Å². The van der Waals surface area contributed by atoms with Crippen LogP contribution >= 0.6 is 46.4 Å². The molecule has 0 heterocycles. The minimum atomic E-state index is 0.300. The van der Waals surface area contributed by atoms with Gasteiger partial charge < -0.3 is 4.74 Å². The van der Waals surface area contributed by atoms with Gasteiger partial charge in [0.25, 0.3) is 0 Å². The molecular formula is C13H8Cl4O. The molecule has 5 heteroatoms. The Morgan fingerprint density at radius 1 is 0.889 bits per heavy atom. The monoisotopic (exact) mass is 320 g/mol. The molecule has 0 aliphatic rings. The van der Waals surface area contributed by atoms with Gasteiger partial charge in [-0.05, 0) is 18.2 Å². The average Bonchev–Trinajstić information content (AvgIpc) is 2.37. The molecule has 1 nitrogen and oxygen atoms in total. The summed E-state index contributed by atoms with van der Waals surface area (Å²) in [5.41, 5.74) is 0.792. The molecule has 2 aromatic rings. The molecule has 18 heavy (non-hydrogen) atoms. The summed E-state index contributed by atoms with van der Waals surface area (Å²) in [5.74, 6) is 1.25. The van der Waals surface area contributed by atoms with Gasteiger partial charge in [0.2, 0.25) is 0 Å². The van der Waals surface area contributed by atoms with Gasteiger partial charge in [-0.15, -0.1) is 11.6 Å². The molecule has 0 amide bonds. The highest BCUT2D eigenvalue weighted by Crippen LogP contribution is 2.39. The number of alkyl halides is 1. The average molecular weight is 322 g/mol. The molecule has 0 aliphatic heterocycles. The van der Waals surface area contributed by atoms with Crippen LogP contribution in [0.4, 0.5) is 0 Å². The summed E-state index contributed by atoms with van der Waals surface area (Å²) in [7, 11) is 0. The number of ether oxygens (including phenoxy) is 1. The summed E-state index contributed by atoms with van der Waals surface area (Å²) in [4.78, 5) is 0. The minimum absolute atomic E-state index is 0.300. The summed E-state index contributed by atoms with van der Waals surface area (Å²) in [6, 6.07) is 10.5. The van der Waals surface area contributed by atoms with Crippen molar-refractivity contribution in [3.63, 3.8) is 0 Å². The lowest BCUT2D eigenvalue weighted by Crippen LogP contribution is -1.91. The highest BCUT2D eigenvalue weighted by Gasteiger charge is 2.12. The Morgan fingerprint density at radius 3 is 2.28 bits per heavy atom. The Kier molecular flexibility index (Phi) is 4.63. The first kappa shape index (κ1) is 13.8. The molecular weight excluding hydrogens is 314 g/mol. The second kappa shape index (κ2) is 6.03. The third kappa shape index (κ3) is 2.86. The maximum absolute atomic E-state index is 6.09. The van der Waals surface area contributed by atoms with E-state index in [1.54, 1.807) is 24.3 Å². The molecule has 0 aliphatic carbocycles.